The van der Waals surface area contributed by atoms with Crippen LogP contribution in [-0.4, -0.2) is 41.6 Å². The molecule has 0 aliphatic heterocycles. The molecule has 1 aliphatic carbocycles. The van der Waals surface area contributed by atoms with Gasteiger partial charge in [0.25, 0.3) is 5.91 Å². The van der Waals surface area contributed by atoms with Gasteiger partial charge >= 0.3 is 5.97 Å². The Kier molecular flexibility index (Phi) is 5.20. The second-order valence-corrected chi connectivity index (χ2v) is 5.40. The van der Waals surface area contributed by atoms with Crippen LogP contribution in [-0.2, 0) is 4.79 Å². The first kappa shape index (κ1) is 15.4. The van der Waals surface area contributed by atoms with E-state index < -0.39 is 5.97 Å². The molecule has 5 nitrogen and oxygen atoms in total. The molecule has 1 aromatic rings. The van der Waals surface area contributed by atoms with Gasteiger partial charge in [0.1, 0.15) is 12.3 Å². The van der Waals surface area contributed by atoms with Crippen LogP contribution in [0.2, 0.25) is 0 Å². The fourth-order valence-corrected chi connectivity index (χ4v) is 2.12. The van der Waals surface area contributed by atoms with E-state index in [0.717, 1.165) is 19.3 Å². The molecule has 0 heterocycles. The first-order chi connectivity index (χ1) is 10.1. The SMILES string of the molecule is CCCOc1cccc(C(=O)N(CC(=O)O)CC2CC2)c1. The molecule has 1 saturated carbocycles. The smallest absolute Gasteiger partial charge is 0.323 e. The summed E-state index contributed by atoms with van der Waals surface area (Å²) in [4.78, 5) is 24.8. The van der Waals surface area contributed by atoms with Crippen LogP contribution in [0, 0.1) is 5.92 Å². The number of amides is 1. The quantitative estimate of drug-likeness (QED) is 0.798. The summed E-state index contributed by atoms with van der Waals surface area (Å²) in [6.07, 6.45) is 3.04. The highest BCUT2D eigenvalue weighted by Crippen LogP contribution is 2.30. The Morgan fingerprint density at radius 1 is 1.38 bits per heavy atom. The maximum Gasteiger partial charge on any atom is 0.323 e. The van der Waals surface area contributed by atoms with Gasteiger partial charge in [-0.15, -0.1) is 0 Å². The standard InChI is InChI=1S/C16H21NO4/c1-2-8-21-14-5-3-4-13(9-14)16(20)17(11-15(18)19)10-12-6-7-12/h3-5,9,12H,2,6-8,10-11H2,1H3,(H,18,19). The molecule has 0 saturated heterocycles. The summed E-state index contributed by atoms with van der Waals surface area (Å²) in [6.45, 7) is 2.87. The molecule has 0 aromatic heterocycles. The monoisotopic (exact) mass is 291 g/mol. The zero-order chi connectivity index (χ0) is 15.2. The largest absolute Gasteiger partial charge is 0.494 e. The predicted molar refractivity (Wildman–Crippen MR) is 78.5 cm³/mol. The molecule has 1 amide bonds. The van der Waals surface area contributed by atoms with Crippen molar-refractivity contribution in [1.29, 1.82) is 0 Å². The van der Waals surface area contributed by atoms with Gasteiger partial charge in [0, 0.05) is 12.1 Å². The molecule has 2 rings (SSSR count). The highest BCUT2D eigenvalue weighted by Gasteiger charge is 2.28. The maximum atomic E-state index is 12.5. The molecule has 0 bridgehead atoms. The first-order valence-electron chi connectivity index (χ1n) is 7.34. The van der Waals surface area contributed by atoms with Gasteiger partial charge in [-0.25, -0.2) is 0 Å². The van der Waals surface area contributed by atoms with Crippen molar-refractivity contribution < 1.29 is 19.4 Å². The Morgan fingerprint density at radius 3 is 2.76 bits per heavy atom. The molecule has 5 heteroatoms. The van der Waals surface area contributed by atoms with E-state index in [-0.39, 0.29) is 12.5 Å². The van der Waals surface area contributed by atoms with Crippen molar-refractivity contribution in [3.05, 3.63) is 29.8 Å². The summed E-state index contributed by atoms with van der Waals surface area (Å²) >= 11 is 0. The highest BCUT2D eigenvalue weighted by atomic mass is 16.5. The van der Waals surface area contributed by atoms with Gasteiger partial charge in [0.15, 0.2) is 0 Å². The fourth-order valence-electron chi connectivity index (χ4n) is 2.12. The van der Waals surface area contributed by atoms with Crippen molar-refractivity contribution in [1.82, 2.24) is 4.90 Å². The van der Waals surface area contributed by atoms with Crippen LogP contribution < -0.4 is 4.74 Å². The number of hydrogen-bond acceptors (Lipinski definition) is 3. The number of nitrogens with zero attached hydrogens (tertiary/aromatic N) is 1. The molecule has 0 atom stereocenters. The third-order valence-corrected chi connectivity index (χ3v) is 3.34. The number of ether oxygens (including phenoxy) is 1. The molecule has 1 aliphatic rings. The number of carbonyl (C=O) groups is 2. The molecule has 21 heavy (non-hydrogen) atoms. The van der Waals surface area contributed by atoms with Crippen molar-refractivity contribution in [2.24, 2.45) is 5.92 Å². The molecular weight excluding hydrogens is 270 g/mol. The van der Waals surface area contributed by atoms with Crippen LogP contribution in [0.5, 0.6) is 5.75 Å². The molecule has 1 N–H and O–H groups in total. The van der Waals surface area contributed by atoms with Gasteiger partial charge in [-0.05, 0) is 43.4 Å². The number of carboxylic acids is 1. The van der Waals surface area contributed by atoms with Crippen LogP contribution in [0.3, 0.4) is 0 Å². The third kappa shape index (κ3) is 4.77. The lowest BCUT2D eigenvalue weighted by Gasteiger charge is -2.20. The Balaban J connectivity index is 2.08. The molecule has 1 fully saturated rings. The molecule has 1 aromatic carbocycles. The molecular formula is C16H21NO4. The van der Waals surface area contributed by atoms with E-state index in [0.29, 0.717) is 30.4 Å². The summed E-state index contributed by atoms with van der Waals surface area (Å²) < 4.78 is 5.51. The summed E-state index contributed by atoms with van der Waals surface area (Å²) in [5, 5.41) is 8.97. The van der Waals surface area contributed by atoms with E-state index in [9.17, 15) is 9.59 Å². The Morgan fingerprint density at radius 2 is 2.14 bits per heavy atom. The lowest BCUT2D eigenvalue weighted by atomic mass is 10.1. The molecule has 0 spiro atoms. The van der Waals surface area contributed by atoms with E-state index in [4.69, 9.17) is 9.84 Å². The van der Waals surface area contributed by atoms with Crippen LogP contribution >= 0.6 is 0 Å². The Hall–Kier alpha value is -2.04. The van der Waals surface area contributed by atoms with Crippen molar-refractivity contribution in [3.8, 4) is 5.75 Å². The predicted octanol–water partition coefficient (Wildman–Crippen LogP) is 2.41. The van der Waals surface area contributed by atoms with E-state index in [1.165, 1.54) is 4.90 Å². The number of hydrogen-bond donors (Lipinski definition) is 1. The molecule has 0 unspecified atom stereocenters. The van der Waals surface area contributed by atoms with E-state index in [1.807, 2.05) is 6.92 Å². The van der Waals surface area contributed by atoms with Crippen molar-refractivity contribution >= 4 is 11.9 Å². The summed E-state index contributed by atoms with van der Waals surface area (Å²) in [5.41, 5.74) is 0.477. The van der Waals surface area contributed by atoms with Crippen LogP contribution in [0.25, 0.3) is 0 Å². The summed E-state index contributed by atoms with van der Waals surface area (Å²) in [7, 11) is 0. The molecule has 0 radical (unpaired) electrons. The zero-order valence-electron chi connectivity index (χ0n) is 12.2. The zero-order valence-corrected chi connectivity index (χ0v) is 12.2. The fraction of sp³-hybridized carbons (Fsp3) is 0.500. The van der Waals surface area contributed by atoms with E-state index in [2.05, 4.69) is 0 Å². The number of rotatable bonds is 8. The number of aliphatic carboxylic acids is 1. The normalized spacial score (nSPS) is 13.8. The van der Waals surface area contributed by atoms with Crippen molar-refractivity contribution in [3.63, 3.8) is 0 Å². The number of carboxylic acid groups (broad SMARTS) is 1. The minimum atomic E-state index is -0.984. The van der Waals surface area contributed by atoms with Gasteiger partial charge in [0.2, 0.25) is 0 Å². The second kappa shape index (κ2) is 7.11. The van der Waals surface area contributed by atoms with Gasteiger partial charge in [-0.1, -0.05) is 13.0 Å². The van der Waals surface area contributed by atoms with Crippen LogP contribution in [0.4, 0.5) is 0 Å². The van der Waals surface area contributed by atoms with Crippen molar-refractivity contribution in [2.75, 3.05) is 19.7 Å². The first-order valence-corrected chi connectivity index (χ1v) is 7.34. The topological polar surface area (TPSA) is 66.8 Å². The number of carbonyl (C=O) groups excluding carboxylic acids is 1. The second-order valence-electron chi connectivity index (χ2n) is 5.40. The lowest BCUT2D eigenvalue weighted by Crippen LogP contribution is -2.37. The van der Waals surface area contributed by atoms with Gasteiger partial charge in [0.05, 0.1) is 6.61 Å². The Bertz CT molecular complexity index is 511. The van der Waals surface area contributed by atoms with E-state index >= 15 is 0 Å². The maximum absolute atomic E-state index is 12.5. The van der Waals surface area contributed by atoms with Gasteiger partial charge in [-0.2, -0.15) is 0 Å². The van der Waals surface area contributed by atoms with Crippen LogP contribution in [0.1, 0.15) is 36.5 Å². The Labute approximate surface area is 124 Å². The highest BCUT2D eigenvalue weighted by molar-refractivity contribution is 5.96. The van der Waals surface area contributed by atoms with E-state index in [1.54, 1.807) is 24.3 Å². The number of benzene rings is 1. The summed E-state index contributed by atoms with van der Waals surface area (Å²) in [6, 6.07) is 6.94. The third-order valence-electron chi connectivity index (χ3n) is 3.34. The van der Waals surface area contributed by atoms with Crippen LogP contribution in [0.15, 0.2) is 24.3 Å². The van der Waals surface area contributed by atoms with Gasteiger partial charge < -0.3 is 14.7 Å². The lowest BCUT2D eigenvalue weighted by molar-refractivity contribution is -0.137. The minimum absolute atomic E-state index is 0.244. The average Bonchev–Trinajstić information content (AvgIpc) is 3.27. The minimum Gasteiger partial charge on any atom is -0.494 e. The molecule has 114 valence electrons. The van der Waals surface area contributed by atoms with Crippen molar-refractivity contribution in [2.45, 2.75) is 26.2 Å². The van der Waals surface area contributed by atoms with Gasteiger partial charge in [-0.3, -0.25) is 9.59 Å². The average molecular weight is 291 g/mol. The summed E-state index contributed by atoms with van der Waals surface area (Å²) in [5.74, 6) is -0.133.